The number of carbonyl (C=O) groups is 3. The number of aromatic amines is 1. The molecule has 0 saturated heterocycles. The number of amides is 4. The lowest BCUT2D eigenvalue weighted by atomic mass is 9.93. The maximum absolute atomic E-state index is 12.9. The Labute approximate surface area is 240 Å². The fraction of sp³-hybridized carbons (Fsp3) is 0.400. The average Bonchev–Trinajstić information content (AvgIpc) is 3.57. The third-order valence-corrected chi connectivity index (χ3v) is 7.13. The zero-order valence-corrected chi connectivity index (χ0v) is 24.7. The molecule has 11 nitrogen and oxygen atoms in total. The average molecular weight is 562 g/mol. The van der Waals surface area contributed by atoms with Crippen LogP contribution in [0.4, 0.5) is 27.7 Å². The molecule has 0 spiro atoms. The Kier molecular flexibility index (Phi) is 8.67. The van der Waals surface area contributed by atoms with Gasteiger partial charge in [0.2, 0.25) is 5.91 Å². The van der Waals surface area contributed by atoms with Gasteiger partial charge in [-0.05, 0) is 50.7 Å². The highest BCUT2D eigenvalue weighted by atomic mass is 16.5. The summed E-state index contributed by atoms with van der Waals surface area (Å²) in [5, 5.41) is 15.2. The monoisotopic (exact) mass is 561 g/mol. The van der Waals surface area contributed by atoms with Crippen LogP contribution in [0.5, 0.6) is 0 Å². The first-order valence-corrected chi connectivity index (χ1v) is 13.8. The molecular weight excluding hydrogens is 522 g/mol. The van der Waals surface area contributed by atoms with Gasteiger partial charge in [0.15, 0.2) is 5.82 Å². The first kappa shape index (κ1) is 29.6. The van der Waals surface area contributed by atoms with Gasteiger partial charge in [-0.1, -0.05) is 45.8 Å². The minimum atomic E-state index is -0.483. The highest BCUT2D eigenvalue weighted by Crippen LogP contribution is 2.36. The van der Waals surface area contributed by atoms with Crippen molar-refractivity contribution in [2.24, 2.45) is 0 Å². The van der Waals surface area contributed by atoms with Crippen molar-refractivity contribution >= 4 is 52.4 Å². The number of urea groups is 1. The quantitative estimate of drug-likeness (QED) is 0.211. The first-order valence-electron chi connectivity index (χ1n) is 13.8. The van der Waals surface area contributed by atoms with Crippen LogP contribution in [0.1, 0.15) is 69.3 Å². The molecule has 4 amide bonds. The zero-order chi connectivity index (χ0) is 29.9. The lowest BCUT2D eigenvalue weighted by Crippen LogP contribution is -2.27. The predicted molar refractivity (Wildman–Crippen MR) is 162 cm³/mol. The van der Waals surface area contributed by atoms with Crippen LogP contribution in [0.15, 0.2) is 28.8 Å². The summed E-state index contributed by atoms with van der Waals surface area (Å²) in [5.41, 5.74) is 5.19. The maximum Gasteiger partial charge on any atom is 0.324 e. The van der Waals surface area contributed by atoms with Crippen molar-refractivity contribution in [3.63, 3.8) is 0 Å². The molecule has 41 heavy (non-hydrogen) atoms. The van der Waals surface area contributed by atoms with Gasteiger partial charge < -0.3 is 30.4 Å². The molecule has 3 aromatic rings. The van der Waals surface area contributed by atoms with E-state index in [0.717, 1.165) is 35.7 Å². The molecule has 0 aliphatic carbocycles. The lowest BCUT2D eigenvalue weighted by Gasteiger charge is -2.17. The van der Waals surface area contributed by atoms with Crippen molar-refractivity contribution in [2.75, 3.05) is 40.9 Å². The molecule has 1 aliphatic rings. The SMILES string of the molecule is CCN(CC)CCC(=O)Nc1c(C)[nH]c(/C=C2\C(=O)Nc3cc(NC(=O)Nc4cc(C(C)(C)C)on4)ccc32)c1C. The Balaban J connectivity index is 1.45. The van der Waals surface area contributed by atoms with Crippen molar-refractivity contribution in [3.8, 4) is 0 Å². The molecule has 11 heteroatoms. The number of aromatic nitrogens is 2. The number of anilines is 4. The number of benzene rings is 1. The summed E-state index contributed by atoms with van der Waals surface area (Å²) < 4.78 is 5.31. The summed E-state index contributed by atoms with van der Waals surface area (Å²) in [5.74, 6) is 0.663. The summed E-state index contributed by atoms with van der Waals surface area (Å²) in [4.78, 5) is 43.5. The molecule has 0 radical (unpaired) electrons. The fourth-order valence-corrected chi connectivity index (χ4v) is 4.63. The number of fused-ring (bicyclic) bond motifs is 1. The van der Waals surface area contributed by atoms with Crippen molar-refractivity contribution in [2.45, 2.75) is 60.3 Å². The van der Waals surface area contributed by atoms with Gasteiger partial charge in [-0.15, -0.1) is 0 Å². The summed E-state index contributed by atoms with van der Waals surface area (Å²) >= 11 is 0. The molecular formula is C30H39N7O4. The van der Waals surface area contributed by atoms with Gasteiger partial charge in [-0.3, -0.25) is 14.9 Å². The van der Waals surface area contributed by atoms with Crippen LogP contribution in [0.3, 0.4) is 0 Å². The number of carbonyl (C=O) groups excluding carboxylic acids is 3. The second kappa shape index (κ2) is 12.0. The molecule has 218 valence electrons. The third kappa shape index (κ3) is 6.86. The molecule has 0 unspecified atom stereocenters. The standard InChI is InChI=1S/C30H39N7O4/c1-8-37(9-2)13-12-26(38)35-27-17(3)22(31-18(27)4)15-21-20-11-10-19(14-23(20)33-28(21)39)32-29(40)34-25-16-24(41-36-25)30(5,6)7/h10-11,14-16,31H,8-9,12-13H2,1-7H3,(H,33,39)(H,35,38)(H2,32,34,36,40)/b21-15-. The molecule has 4 rings (SSSR count). The number of hydrogen-bond donors (Lipinski definition) is 5. The maximum atomic E-state index is 12.9. The third-order valence-electron chi connectivity index (χ3n) is 7.13. The highest BCUT2D eigenvalue weighted by Gasteiger charge is 2.26. The number of H-pyrrole nitrogens is 1. The normalized spacial score (nSPS) is 13.9. The fourth-order valence-electron chi connectivity index (χ4n) is 4.63. The van der Waals surface area contributed by atoms with E-state index in [1.165, 1.54) is 0 Å². The number of rotatable bonds is 9. The van der Waals surface area contributed by atoms with Crippen LogP contribution < -0.4 is 21.3 Å². The summed E-state index contributed by atoms with van der Waals surface area (Å²) in [6.07, 6.45) is 2.19. The topological polar surface area (TPSA) is 144 Å². The van der Waals surface area contributed by atoms with Crippen LogP contribution in [-0.4, -0.2) is 52.5 Å². The molecule has 1 aliphatic heterocycles. The Morgan fingerprint density at radius 3 is 2.46 bits per heavy atom. The van der Waals surface area contributed by atoms with E-state index in [9.17, 15) is 14.4 Å². The smallest absolute Gasteiger partial charge is 0.324 e. The second-order valence-corrected chi connectivity index (χ2v) is 11.2. The van der Waals surface area contributed by atoms with Gasteiger partial charge in [0, 0.05) is 47.1 Å². The van der Waals surface area contributed by atoms with E-state index in [-0.39, 0.29) is 17.2 Å². The van der Waals surface area contributed by atoms with E-state index in [1.54, 1.807) is 30.3 Å². The van der Waals surface area contributed by atoms with Crippen molar-refractivity contribution in [3.05, 3.63) is 52.5 Å². The Hall–Kier alpha value is -4.38. The molecule has 0 fully saturated rings. The zero-order valence-electron chi connectivity index (χ0n) is 24.7. The highest BCUT2D eigenvalue weighted by molar-refractivity contribution is 6.35. The molecule has 0 bridgehead atoms. The van der Waals surface area contributed by atoms with Crippen LogP contribution in [-0.2, 0) is 15.0 Å². The molecule has 2 aromatic heterocycles. The van der Waals surface area contributed by atoms with E-state index in [2.05, 4.69) is 50.2 Å². The number of aryl methyl sites for hydroxylation is 1. The first-order chi connectivity index (χ1) is 19.4. The Bertz CT molecular complexity index is 1490. The van der Waals surface area contributed by atoms with E-state index in [1.807, 2.05) is 34.6 Å². The second-order valence-electron chi connectivity index (χ2n) is 11.2. The molecule has 3 heterocycles. The van der Waals surface area contributed by atoms with E-state index in [4.69, 9.17) is 4.52 Å². The van der Waals surface area contributed by atoms with Crippen LogP contribution in [0.2, 0.25) is 0 Å². The van der Waals surface area contributed by atoms with Crippen molar-refractivity contribution in [1.82, 2.24) is 15.0 Å². The van der Waals surface area contributed by atoms with Gasteiger partial charge in [0.05, 0.1) is 16.9 Å². The molecule has 0 saturated carbocycles. The van der Waals surface area contributed by atoms with Gasteiger partial charge >= 0.3 is 6.03 Å². The van der Waals surface area contributed by atoms with Crippen molar-refractivity contribution in [1.29, 1.82) is 0 Å². The van der Waals surface area contributed by atoms with Crippen LogP contribution >= 0.6 is 0 Å². The minimum absolute atomic E-state index is 0.0486. The van der Waals surface area contributed by atoms with Crippen molar-refractivity contribution < 1.29 is 18.9 Å². The lowest BCUT2D eigenvalue weighted by molar-refractivity contribution is -0.116. The number of nitrogens with zero attached hydrogens (tertiary/aromatic N) is 2. The molecule has 1 aromatic carbocycles. The molecule has 5 N–H and O–H groups in total. The van der Waals surface area contributed by atoms with Crippen LogP contribution in [0, 0.1) is 13.8 Å². The van der Waals surface area contributed by atoms with Gasteiger partial charge in [-0.2, -0.15) is 0 Å². The summed E-state index contributed by atoms with van der Waals surface area (Å²) in [6, 6.07) is 6.41. The van der Waals surface area contributed by atoms with Gasteiger partial charge in [0.25, 0.3) is 5.91 Å². The van der Waals surface area contributed by atoms with Crippen LogP contribution in [0.25, 0.3) is 11.6 Å². The van der Waals surface area contributed by atoms with E-state index >= 15 is 0 Å². The minimum Gasteiger partial charge on any atom is -0.359 e. The van der Waals surface area contributed by atoms with E-state index < -0.39 is 6.03 Å². The van der Waals surface area contributed by atoms with Gasteiger partial charge in [0.1, 0.15) is 5.76 Å². The number of hydrogen-bond acceptors (Lipinski definition) is 6. The molecule has 0 atom stereocenters. The number of nitrogens with one attached hydrogen (secondary N) is 5. The Morgan fingerprint density at radius 2 is 1.80 bits per heavy atom. The van der Waals surface area contributed by atoms with E-state index in [0.29, 0.717) is 47.1 Å². The van der Waals surface area contributed by atoms with Gasteiger partial charge in [-0.25, -0.2) is 4.79 Å². The predicted octanol–water partition coefficient (Wildman–Crippen LogP) is 5.72. The summed E-state index contributed by atoms with van der Waals surface area (Å²) in [7, 11) is 0. The summed E-state index contributed by atoms with van der Waals surface area (Å²) in [6.45, 7) is 16.4. The Morgan fingerprint density at radius 1 is 1.07 bits per heavy atom. The largest absolute Gasteiger partial charge is 0.359 e.